The van der Waals surface area contributed by atoms with Crippen LogP contribution in [0.1, 0.15) is 75.2 Å². The molecule has 1 N–H and O–H groups in total. The van der Waals surface area contributed by atoms with Crippen LogP contribution in [0.25, 0.3) is 0 Å². The predicted octanol–water partition coefficient (Wildman–Crippen LogP) is 4.84. The van der Waals surface area contributed by atoms with Crippen molar-refractivity contribution < 1.29 is 9.90 Å². The zero-order valence-corrected chi connectivity index (χ0v) is 14.2. The number of carbonyl (C=O) groups is 1. The highest BCUT2D eigenvalue weighted by atomic mass is 16.4. The zero-order valence-electron chi connectivity index (χ0n) is 14.2. The molecule has 1 aliphatic rings. The summed E-state index contributed by atoms with van der Waals surface area (Å²) in [5.41, 5.74) is 2.83. The minimum Gasteiger partial charge on any atom is -0.478 e. The van der Waals surface area contributed by atoms with E-state index < -0.39 is 5.97 Å². The number of hydrogen-bond acceptors (Lipinski definition) is 2. The zero-order chi connectivity index (χ0) is 16.2. The summed E-state index contributed by atoms with van der Waals surface area (Å²) in [4.78, 5) is 13.6. The van der Waals surface area contributed by atoms with Crippen LogP contribution < -0.4 is 4.90 Å². The maximum absolute atomic E-state index is 11.2. The molecule has 0 saturated carbocycles. The number of anilines is 1. The summed E-state index contributed by atoms with van der Waals surface area (Å²) in [6, 6.07) is 5.58. The molecule has 0 aliphatic carbocycles. The Bertz CT molecular complexity index is 522. The van der Waals surface area contributed by atoms with Gasteiger partial charge in [0, 0.05) is 24.2 Å². The first-order valence-corrected chi connectivity index (χ1v) is 8.58. The Morgan fingerprint density at radius 2 is 1.86 bits per heavy atom. The highest BCUT2D eigenvalue weighted by Crippen LogP contribution is 2.41. The number of unbranched alkanes of at least 4 members (excludes halogenated alkanes) is 5. The molecule has 0 fully saturated rings. The van der Waals surface area contributed by atoms with Gasteiger partial charge in [0.2, 0.25) is 0 Å². The van der Waals surface area contributed by atoms with Crippen LogP contribution in [0.2, 0.25) is 0 Å². The van der Waals surface area contributed by atoms with Crippen LogP contribution in [0.5, 0.6) is 0 Å². The first-order chi connectivity index (χ1) is 10.5. The maximum Gasteiger partial charge on any atom is 0.335 e. The second-order valence-electron chi connectivity index (χ2n) is 7.11. The van der Waals surface area contributed by atoms with E-state index in [2.05, 4.69) is 25.7 Å². The van der Waals surface area contributed by atoms with E-state index in [9.17, 15) is 9.90 Å². The molecule has 1 aliphatic heterocycles. The highest BCUT2D eigenvalue weighted by molar-refractivity contribution is 5.89. The number of nitrogens with zero attached hydrogens (tertiary/aromatic N) is 1. The van der Waals surface area contributed by atoms with Crippen molar-refractivity contribution in [3.05, 3.63) is 29.3 Å². The number of hydrogen-bond donors (Lipinski definition) is 1. The first-order valence-electron chi connectivity index (χ1n) is 8.58. The second-order valence-corrected chi connectivity index (χ2v) is 7.11. The molecule has 0 radical (unpaired) electrons. The van der Waals surface area contributed by atoms with E-state index in [0.717, 1.165) is 13.1 Å². The Morgan fingerprint density at radius 3 is 2.55 bits per heavy atom. The first kappa shape index (κ1) is 16.9. The average Bonchev–Trinajstić information content (AvgIpc) is 2.73. The van der Waals surface area contributed by atoms with Gasteiger partial charge in [-0.2, -0.15) is 0 Å². The molecule has 1 heterocycles. The molecule has 3 nitrogen and oxygen atoms in total. The van der Waals surface area contributed by atoms with E-state index in [0.29, 0.717) is 5.56 Å². The minimum atomic E-state index is -0.840. The van der Waals surface area contributed by atoms with Crippen LogP contribution in [-0.2, 0) is 5.41 Å². The van der Waals surface area contributed by atoms with Crippen LogP contribution in [0.3, 0.4) is 0 Å². The molecule has 0 saturated heterocycles. The number of benzene rings is 1. The molecule has 3 heteroatoms. The second kappa shape index (κ2) is 7.17. The van der Waals surface area contributed by atoms with Crippen molar-refractivity contribution in [3.63, 3.8) is 0 Å². The fourth-order valence-corrected chi connectivity index (χ4v) is 3.42. The van der Waals surface area contributed by atoms with Gasteiger partial charge in [0.15, 0.2) is 0 Å². The molecule has 22 heavy (non-hydrogen) atoms. The van der Waals surface area contributed by atoms with Gasteiger partial charge in [0.05, 0.1) is 5.56 Å². The van der Waals surface area contributed by atoms with Crippen LogP contribution in [0.15, 0.2) is 18.2 Å². The summed E-state index contributed by atoms with van der Waals surface area (Å²) in [6.45, 7) is 8.72. The van der Waals surface area contributed by atoms with Crippen molar-refractivity contribution in [2.24, 2.45) is 0 Å². The van der Waals surface area contributed by atoms with E-state index in [1.807, 2.05) is 12.1 Å². The van der Waals surface area contributed by atoms with Gasteiger partial charge in [-0.25, -0.2) is 4.79 Å². The fraction of sp³-hybridized carbons (Fsp3) is 0.632. The summed E-state index contributed by atoms with van der Waals surface area (Å²) < 4.78 is 0. The summed E-state index contributed by atoms with van der Waals surface area (Å²) in [7, 11) is 0. The normalized spacial score (nSPS) is 15.9. The maximum atomic E-state index is 11.2. The van der Waals surface area contributed by atoms with Crippen molar-refractivity contribution in [1.29, 1.82) is 0 Å². The monoisotopic (exact) mass is 303 g/mol. The summed E-state index contributed by atoms with van der Waals surface area (Å²) in [6.07, 6.45) is 7.83. The lowest BCUT2D eigenvalue weighted by Crippen LogP contribution is -2.29. The van der Waals surface area contributed by atoms with E-state index in [4.69, 9.17) is 0 Å². The third-order valence-corrected chi connectivity index (χ3v) is 4.68. The van der Waals surface area contributed by atoms with Gasteiger partial charge in [-0.1, -0.05) is 52.9 Å². The quantitative estimate of drug-likeness (QED) is 0.698. The Morgan fingerprint density at radius 1 is 1.18 bits per heavy atom. The molecule has 2 rings (SSSR count). The van der Waals surface area contributed by atoms with Gasteiger partial charge >= 0.3 is 5.97 Å². The van der Waals surface area contributed by atoms with E-state index in [1.54, 1.807) is 6.07 Å². The van der Waals surface area contributed by atoms with Gasteiger partial charge in [0.1, 0.15) is 0 Å². The highest BCUT2D eigenvalue weighted by Gasteiger charge is 2.35. The molecule has 0 spiro atoms. The van der Waals surface area contributed by atoms with Crippen LogP contribution in [0, 0.1) is 0 Å². The number of carboxylic acid groups (broad SMARTS) is 1. The largest absolute Gasteiger partial charge is 0.478 e. The standard InChI is InChI=1S/C19H29NO2/c1-4-5-6-7-8-9-12-20-14-19(2,3)16-13-15(18(21)22)10-11-17(16)20/h10-11,13H,4-9,12,14H2,1-3H3,(H,21,22). The third-order valence-electron chi connectivity index (χ3n) is 4.68. The SMILES string of the molecule is CCCCCCCCN1CC(C)(C)c2cc(C(=O)O)ccc21. The summed E-state index contributed by atoms with van der Waals surface area (Å²) >= 11 is 0. The van der Waals surface area contributed by atoms with Gasteiger partial charge in [-0.3, -0.25) is 0 Å². The van der Waals surface area contributed by atoms with Crippen molar-refractivity contribution in [3.8, 4) is 0 Å². The van der Waals surface area contributed by atoms with Gasteiger partial charge < -0.3 is 10.0 Å². The van der Waals surface area contributed by atoms with E-state index in [1.165, 1.54) is 49.8 Å². The number of aromatic carboxylic acids is 1. The molecule has 0 bridgehead atoms. The average molecular weight is 303 g/mol. The number of rotatable bonds is 8. The Kier molecular flexibility index (Phi) is 5.49. The lowest BCUT2D eigenvalue weighted by Gasteiger charge is -2.22. The Hall–Kier alpha value is -1.51. The van der Waals surface area contributed by atoms with Crippen molar-refractivity contribution in [2.75, 3.05) is 18.0 Å². The van der Waals surface area contributed by atoms with Gasteiger partial charge in [0.25, 0.3) is 0 Å². The van der Waals surface area contributed by atoms with Gasteiger partial charge in [-0.05, 0) is 30.2 Å². The lowest BCUT2D eigenvalue weighted by molar-refractivity contribution is 0.0697. The van der Waals surface area contributed by atoms with Crippen molar-refractivity contribution >= 4 is 11.7 Å². The molecule has 1 aromatic rings. The molecular weight excluding hydrogens is 274 g/mol. The third kappa shape index (κ3) is 3.82. The molecule has 0 unspecified atom stereocenters. The molecule has 0 amide bonds. The Balaban J connectivity index is 1.98. The van der Waals surface area contributed by atoms with Crippen molar-refractivity contribution in [2.45, 2.75) is 64.7 Å². The van der Waals surface area contributed by atoms with E-state index >= 15 is 0 Å². The van der Waals surface area contributed by atoms with Crippen LogP contribution in [-0.4, -0.2) is 24.2 Å². The smallest absolute Gasteiger partial charge is 0.335 e. The molecular formula is C19H29NO2. The number of carboxylic acids is 1. The van der Waals surface area contributed by atoms with Gasteiger partial charge in [-0.15, -0.1) is 0 Å². The van der Waals surface area contributed by atoms with Crippen LogP contribution in [0.4, 0.5) is 5.69 Å². The summed E-state index contributed by atoms with van der Waals surface area (Å²) in [5.74, 6) is -0.840. The minimum absolute atomic E-state index is 0.0308. The topological polar surface area (TPSA) is 40.5 Å². The summed E-state index contributed by atoms with van der Waals surface area (Å²) in [5, 5.41) is 9.18. The Labute approximate surface area is 134 Å². The molecule has 0 aromatic heterocycles. The van der Waals surface area contributed by atoms with E-state index in [-0.39, 0.29) is 5.41 Å². The van der Waals surface area contributed by atoms with Crippen LogP contribution >= 0.6 is 0 Å². The lowest BCUT2D eigenvalue weighted by atomic mass is 9.86. The number of fused-ring (bicyclic) bond motifs is 1. The predicted molar refractivity (Wildman–Crippen MR) is 92.0 cm³/mol. The van der Waals surface area contributed by atoms with Crippen molar-refractivity contribution in [1.82, 2.24) is 0 Å². The molecule has 1 aromatic carbocycles. The molecule has 122 valence electrons. The molecule has 0 atom stereocenters. The fourth-order valence-electron chi connectivity index (χ4n) is 3.42.